The highest BCUT2D eigenvalue weighted by Crippen LogP contribution is 2.63. The van der Waals surface area contributed by atoms with Crippen molar-refractivity contribution in [1.29, 1.82) is 0 Å². The molecule has 1 aliphatic heterocycles. The molecule has 6 heteroatoms. The Hall–Kier alpha value is -1.46. The Morgan fingerprint density at radius 3 is 2.77 bits per heavy atom. The van der Waals surface area contributed by atoms with E-state index in [1.165, 1.54) is 19.3 Å². The average Bonchev–Trinajstić information content (AvgIpc) is 3.02. The van der Waals surface area contributed by atoms with Gasteiger partial charge in [0.2, 0.25) is 0 Å². The van der Waals surface area contributed by atoms with Gasteiger partial charge in [0.25, 0.3) is 0 Å². The van der Waals surface area contributed by atoms with Crippen LogP contribution < -0.4 is 5.32 Å². The normalized spacial score (nSPS) is 22.4. The zero-order valence-electron chi connectivity index (χ0n) is 13.0. The summed E-state index contributed by atoms with van der Waals surface area (Å²) in [5.41, 5.74) is 2.73. The molecule has 1 aliphatic carbocycles. The Balaban J connectivity index is 0.00000144. The third-order valence-corrected chi connectivity index (χ3v) is 5.06. The smallest absolute Gasteiger partial charge is 0.148 e. The van der Waals surface area contributed by atoms with Crippen molar-refractivity contribution >= 4 is 12.4 Å². The van der Waals surface area contributed by atoms with Crippen LogP contribution in [-0.2, 0) is 0 Å². The van der Waals surface area contributed by atoms with Crippen molar-refractivity contribution in [3.05, 3.63) is 35.7 Å². The van der Waals surface area contributed by atoms with Crippen molar-refractivity contribution in [2.45, 2.75) is 39.0 Å². The molecule has 0 aromatic carbocycles. The number of pyridine rings is 1. The predicted octanol–water partition coefficient (Wildman–Crippen LogP) is 2.56. The maximum Gasteiger partial charge on any atom is 0.148 e. The maximum atomic E-state index is 4.75. The van der Waals surface area contributed by atoms with Gasteiger partial charge in [0.15, 0.2) is 0 Å². The molecule has 3 heterocycles. The van der Waals surface area contributed by atoms with Gasteiger partial charge in [-0.05, 0) is 63.2 Å². The summed E-state index contributed by atoms with van der Waals surface area (Å²) < 4.78 is 2.05. The predicted molar refractivity (Wildman–Crippen MR) is 87.8 cm³/mol. The van der Waals surface area contributed by atoms with Crippen molar-refractivity contribution in [3.8, 4) is 5.69 Å². The number of piperidine rings is 1. The summed E-state index contributed by atoms with van der Waals surface area (Å²) in [6.45, 7) is 6.33. The Bertz CT molecular complexity index is 675. The van der Waals surface area contributed by atoms with Crippen molar-refractivity contribution in [1.82, 2.24) is 25.1 Å². The van der Waals surface area contributed by atoms with Gasteiger partial charge in [0.05, 0.1) is 5.69 Å². The maximum absolute atomic E-state index is 4.75. The number of nitrogens with zero attached hydrogens (tertiary/aromatic N) is 4. The van der Waals surface area contributed by atoms with Gasteiger partial charge in [-0.2, -0.15) is 5.10 Å². The molecule has 2 aromatic heterocycles. The van der Waals surface area contributed by atoms with Crippen LogP contribution in [-0.4, -0.2) is 32.8 Å². The molecule has 2 aliphatic rings. The van der Waals surface area contributed by atoms with Crippen molar-refractivity contribution in [2.24, 2.45) is 5.41 Å². The second-order valence-corrected chi connectivity index (χ2v) is 6.46. The SMILES string of the molecule is Cc1nc(C2CC23CCNCC3)n(-c2ccncc2C)n1.Cl. The molecule has 22 heavy (non-hydrogen) atoms. The topological polar surface area (TPSA) is 55.6 Å². The highest BCUT2D eigenvalue weighted by molar-refractivity contribution is 5.85. The molecule has 1 saturated carbocycles. The largest absolute Gasteiger partial charge is 0.317 e. The second-order valence-electron chi connectivity index (χ2n) is 6.46. The monoisotopic (exact) mass is 319 g/mol. The number of hydrogen-bond acceptors (Lipinski definition) is 4. The molecule has 118 valence electrons. The van der Waals surface area contributed by atoms with Crippen LogP contribution in [0.4, 0.5) is 0 Å². The number of halogens is 1. The standard InChI is InChI=1S/C16H21N5.ClH/c1-11-10-18-6-3-14(11)21-15(19-12(2)20-21)13-9-16(13)4-7-17-8-5-16;/h3,6,10,13,17H,4-5,7-9H2,1-2H3;1H. The van der Waals surface area contributed by atoms with E-state index in [0.29, 0.717) is 11.3 Å². The Morgan fingerprint density at radius 1 is 1.27 bits per heavy atom. The molecule has 1 saturated heterocycles. The fraction of sp³-hybridized carbons (Fsp3) is 0.562. The van der Waals surface area contributed by atoms with E-state index in [1.807, 2.05) is 30.1 Å². The van der Waals surface area contributed by atoms with Crippen LogP contribution in [0, 0.1) is 19.3 Å². The van der Waals surface area contributed by atoms with Gasteiger partial charge in [-0.3, -0.25) is 4.98 Å². The molecule has 0 bridgehead atoms. The van der Waals surface area contributed by atoms with Gasteiger partial charge in [-0.1, -0.05) is 0 Å². The van der Waals surface area contributed by atoms with Crippen LogP contribution >= 0.6 is 12.4 Å². The van der Waals surface area contributed by atoms with Crippen LogP contribution in [0.25, 0.3) is 5.69 Å². The first-order valence-electron chi connectivity index (χ1n) is 7.75. The van der Waals surface area contributed by atoms with E-state index >= 15 is 0 Å². The van der Waals surface area contributed by atoms with Gasteiger partial charge in [0, 0.05) is 18.3 Å². The summed E-state index contributed by atoms with van der Waals surface area (Å²) in [7, 11) is 0. The number of aryl methyl sites for hydroxylation is 2. The minimum atomic E-state index is 0. The van der Waals surface area contributed by atoms with Crippen LogP contribution in [0.1, 0.15) is 42.4 Å². The molecule has 2 aromatic rings. The fourth-order valence-corrected chi connectivity index (χ4v) is 3.73. The summed E-state index contributed by atoms with van der Waals surface area (Å²) in [4.78, 5) is 8.93. The number of hydrogen-bond donors (Lipinski definition) is 1. The van der Waals surface area contributed by atoms with Gasteiger partial charge >= 0.3 is 0 Å². The Labute approximate surface area is 137 Å². The minimum absolute atomic E-state index is 0. The van der Waals surface area contributed by atoms with Gasteiger partial charge in [0.1, 0.15) is 11.6 Å². The van der Waals surface area contributed by atoms with E-state index in [4.69, 9.17) is 4.98 Å². The Morgan fingerprint density at radius 2 is 2.05 bits per heavy atom. The number of aromatic nitrogens is 4. The zero-order valence-corrected chi connectivity index (χ0v) is 13.9. The molecule has 1 N–H and O–H groups in total. The highest BCUT2D eigenvalue weighted by Gasteiger charge is 2.56. The molecule has 4 rings (SSSR count). The van der Waals surface area contributed by atoms with E-state index in [2.05, 4.69) is 22.3 Å². The second kappa shape index (κ2) is 5.63. The molecule has 2 fully saturated rings. The molecule has 1 spiro atoms. The summed E-state index contributed by atoms with van der Waals surface area (Å²) in [5, 5.41) is 8.11. The van der Waals surface area contributed by atoms with Crippen molar-refractivity contribution in [2.75, 3.05) is 13.1 Å². The van der Waals surface area contributed by atoms with Crippen LogP contribution in [0.2, 0.25) is 0 Å². The van der Waals surface area contributed by atoms with Gasteiger partial charge < -0.3 is 5.32 Å². The highest BCUT2D eigenvalue weighted by atomic mass is 35.5. The molecular weight excluding hydrogens is 298 g/mol. The number of nitrogens with one attached hydrogen (secondary N) is 1. The summed E-state index contributed by atoms with van der Waals surface area (Å²) in [6.07, 6.45) is 7.51. The molecule has 1 atom stereocenters. The Kier molecular flexibility index (Phi) is 3.95. The van der Waals surface area contributed by atoms with E-state index < -0.39 is 0 Å². The lowest BCUT2D eigenvalue weighted by atomic mass is 9.92. The van der Waals surface area contributed by atoms with Gasteiger partial charge in [-0.25, -0.2) is 9.67 Å². The first-order chi connectivity index (χ1) is 10.2. The first-order valence-corrected chi connectivity index (χ1v) is 7.75. The third kappa shape index (κ3) is 2.42. The van der Waals surface area contributed by atoms with E-state index in [-0.39, 0.29) is 12.4 Å². The summed E-state index contributed by atoms with van der Waals surface area (Å²) in [6, 6.07) is 2.03. The molecule has 1 unspecified atom stereocenters. The van der Waals surface area contributed by atoms with Gasteiger partial charge in [-0.15, -0.1) is 12.4 Å². The lowest BCUT2D eigenvalue weighted by molar-refractivity contribution is 0.339. The number of rotatable bonds is 2. The first kappa shape index (κ1) is 15.4. The average molecular weight is 320 g/mol. The minimum Gasteiger partial charge on any atom is -0.317 e. The quantitative estimate of drug-likeness (QED) is 0.924. The van der Waals surface area contributed by atoms with Crippen molar-refractivity contribution < 1.29 is 0 Å². The summed E-state index contributed by atoms with van der Waals surface area (Å²) >= 11 is 0. The molecule has 0 radical (unpaired) electrons. The third-order valence-electron chi connectivity index (χ3n) is 5.06. The lowest BCUT2D eigenvalue weighted by Crippen LogP contribution is -2.29. The van der Waals surface area contributed by atoms with Crippen LogP contribution in [0.3, 0.4) is 0 Å². The van der Waals surface area contributed by atoms with E-state index in [0.717, 1.165) is 36.0 Å². The summed E-state index contributed by atoms with van der Waals surface area (Å²) in [5.74, 6) is 2.56. The molecule has 0 amide bonds. The fourth-order valence-electron chi connectivity index (χ4n) is 3.73. The lowest BCUT2D eigenvalue weighted by Gasteiger charge is -2.23. The van der Waals surface area contributed by atoms with E-state index in [1.54, 1.807) is 0 Å². The molecule has 5 nitrogen and oxygen atoms in total. The van der Waals surface area contributed by atoms with E-state index in [9.17, 15) is 0 Å². The van der Waals surface area contributed by atoms with Crippen LogP contribution in [0.15, 0.2) is 18.5 Å². The zero-order chi connectivity index (χ0) is 14.4. The molecular formula is C16H22ClN5. The van der Waals surface area contributed by atoms with Crippen LogP contribution in [0.5, 0.6) is 0 Å². The van der Waals surface area contributed by atoms with Crippen molar-refractivity contribution in [3.63, 3.8) is 0 Å².